The van der Waals surface area contributed by atoms with Crippen molar-refractivity contribution in [2.24, 2.45) is 11.7 Å². The Kier molecular flexibility index (Phi) is 2.20. The maximum atomic E-state index is 5.68. The van der Waals surface area contributed by atoms with Crippen molar-refractivity contribution in [3.63, 3.8) is 0 Å². The summed E-state index contributed by atoms with van der Waals surface area (Å²) in [6.45, 7) is 3.08. The topological polar surface area (TPSA) is 26.0 Å². The minimum absolute atomic E-state index is 0.762. The molecule has 12 heavy (non-hydrogen) atoms. The summed E-state index contributed by atoms with van der Waals surface area (Å²) in [5.74, 6) is 1.54. The maximum absolute atomic E-state index is 5.68. The molecule has 0 aromatic carbocycles. The van der Waals surface area contributed by atoms with Crippen LogP contribution in [0.4, 0.5) is 0 Å². The Hall–Kier alpha value is -0.340. The van der Waals surface area contributed by atoms with Crippen LogP contribution in [-0.2, 0) is 0 Å². The average Bonchev–Trinajstić information content (AvgIpc) is 2.36. The van der Waals surface area contributed by atoms with Crippen molar-refractivity contribution in [3.05, 3.63) is 21.9 Å². The fraction of sp³-hybridized carbons (Fsp3) is 0.600. The SMILES string of the molecule is Cc1sccc1C1CCC1CN. The molecule has 0 amide bonds. The van der Waals surface area contributed by atoms with Gasteiger partial charge in [-0.15, -0.1) is 11.3 Å². The lowest BCUT2D eigenvalue weighted by Gasteiger charge is -2.36. The van der Waals surface area contributed by atoms with E-state index in [2.05, 4.69) is 18.4 Å². The Morgan fingerprint density at radius 1 is 1.58 bits per heavy atom. The van der Waals surface area contributed by atoms with E-state index in [1.165, 1.54) is 17.7 Å². The van der Waals surface area contributed by atoms with E-state index in [1.807, 2.05) is 11.3 Å². The first kappa shape index (κ1) is 8.27. The van der Waals surface area contributed by atoms with Crippen LogP contribution in [0.2, 0.25) is 0 Å². The van der Waals surface area contributed by atoms with Crippen LogP contribution in [0.25, 0.3) is 0 Å². The van der Waals surface area contributed by atoms with Crippen molar-refractivity contribution in [1.82, 2.24) is 0 Å². The molecule has 0 spiro atoms. The van der Waals surface area contributed by atoms with Gasteiger partial charge >= 0.3 is 0 Å². The molecular formula is C10H15NS. The normalized spacial score (nSPS) is 28.5. The second-order valence-corrected chi connectivity index (χ2v) is 4.73. The van der Waals surface area contributed by atoms with E-state index in [1.54, 1.807) is 5.56 Å². The monoisotopic (exact) mass is 181 g/mol. The molecule has 2 rings (SSSR count). The van der Waals surface area contributed by atoms with Gasteiger partial charge in [0, 0.05) is 4.88 Å². The Bertz CT molecular complexity index is 265. The Balaban J connectivity index is 2.15. The van der Waals surface area contributed by atoms with Gasteiger partial charge in [0.05, 0.1) is 0 Å². The molecule has 1 saturated carbocycles. The highest BCUT2D eigenvalue weighted by Crippen LogP contribution is 2.43. The van der Waals surface area contributed by atoms with Crippen molar-refractivity contribution >= 4 is 11.3 Å². The highest BCUT2D eigenvalue weighted by molar-refractivity contribution is 7.10. The first-order valence-corrected chi connectivity index (χ1v) is 5.45. The molecule has 2 heteroatoms. The average molecular weight is 181 g/mol. The summed E-state index contributed by atoms with van der Waals surface area (Å²) in [4.78, 5) is 1.48. The highest BCUT2D eigenvalue weighted by atomic mass is 32.1. The molecule has 0 radical (unpaired) electrons. The second-order valence-electron chi connectivity index (χ2n) is 3.61. The van der Waals surface area contributed by atoms with Crippen molar-refractivity contribution in [2.45, 2.75) is 25.7 Å². The smallest absolute Gasteiger partial charge is 0.00491 e. The van der Waals surface area contributed by atoms with Gasteiger partial charge in [-0.05, 0) is 55.2 Å². The molecule has 0 aliphatic heterocycles. The molecule has 2 N–H and O–H groups in total. The van der Waals surface area contributed by atoms with Crippen LogP contribution in [0.5, 0.6) is 0 Å². The Morgan fingerprint density at radius 2 is 2.42 bits per heavy atom. The molecule has 1 aliphatic rings. The summed E-state index contributed by atoms with van der Waals surface area (Å²) in [6.07, 6.45) is 2.68. The number of hydrogen-bond donors (Lipinski definition) is 1. The van der Waals surface area contributed by atoms with E-state index in [4.69, 9.17) is 5.73 Å². The number of aryl methyl sites for hydroxylation is 1. The third-order valence-corrected chi connectivity index (χ3v) is 3.88. The lowest BCUT2D eigenvalue weighted by Crippen LogP contribution is -2.30. The summed E-state index contributed by atoms with van der Waals surface area (Å²) in [7, 11) is 0. The van der Waals surface area contributed by atoms with Crippen LogP contribution < -0.4 is 5.73 Å². The summed E-state index contributed by atoms with van der Waals surface area (Å²) in [6, 6.07) is 2.27. The lowest BCUT2D eigenvalue weighted by molar-refractivity contribution is 0.263. The largest absolute Gasteiger partial charge is 0.330 e. The molecule has 1 aliphatic carbocycles. The summed E-state index contributed by atoms with van der Waals surface area (Å²) >= 11 is 1.85. The van der Waals surface area contributed by atoms with Gasteiger partial charge in [0.2, 0.25) is 0 Å². The summed E-state index contributed by atoms with van der Waals surface area (Å²) in [5, 5.41) is 2.19. The van der Waals surface area contributed by atoms with Crippen molar-refractivity contribution < 1.29 is 0 Å². The lowest BCUT2D eigenvalue weighted by atomic mass is 9.70. The zero-order chi connectivity index (χ0) is 8.55. The van der Waals surface area contributed by atoms with Gasteiger partial charge in [-0.2, -0.15) is 0 Å². The Morgan fingerprint density at radius 3 is 2.83 bits per heavy atom. The van der Waals surface area contributed by atoms with E-state index in [0.717, 1.165) is 18.4 Å². The van der Waals surface area contributed by atoms with Gasteiger partial charge in [0.25, 0.3) is 0 Å². The molecule has 0 saturated heterocycles. The number of thiophene rings is 1. The zero-order valence-corrected chi connectivity index (χ0v) is 8.23. The van der Waals surface area contributed by atoms with Gasteiger partial charge in [-0.1, -0.05) is 0 Å². The van der Waals surface area contributed by atoms with Gasteiger partial charge in [-0.3, -0.25) is 0 Å². The zero-order valence-electron chi connectivity index (χ0n) is 7.42. The standard InChI is InChI=1S/C10H15NS/c1-7-9(4-5-12-7)10-3-2-8(10)6-11/h4-5,8,10H,2-3,6,11H2,1H3. The molecule has 1 fully saturated rings. The maximum Gasteiger partial charge on any atom is 0.00491 e. The van der Waals surface area contributed by atoms with Crippen molar-refractivity contribution in [1.29, 1.82) is 0 Å². The predicted octanol–water partition coefficient (Wildman–Crippen LogP) is 2.51. The number of hydrogen-bond acceptors (Lipinski definition) is 2. The first-order chi connectivity index (χ1) is 5.83. The Labute approximate surface area is 77.6 Å². The van der Waals surface area contributed by atoms with Crippen LogP contribution in [0.3, 0.4) is 0 Å². The summed E-state index contributed by atoms with van der Waals surface area (Å²) < 4.78 is 0. The van der Waals surface area contributed by atoms with Crippen LogP contribution in [0.15, 0.2) is 11.4 Å². The minimum atomic E-state index is 0.762. The molecule has 1 aromatic rings. The summed E-state index contributed by atoms with van der Waals surface area (Å²) in [5.41, 5.74) is 7.24. The molecule has 2 unspecified atom stereocenters. The first-order valence-electron chi connectivity index (χ1n) is 4.57. The van der Waals surface area contributed by atoms with Crippen LogP contribution in [-0.4, -0.2) is 6.54 Å². The third-order valence-electron chi connectivity index (χ3n) is 3.02. The highest BCUT2D eigenvalue weighted by Gasteiger charge is 2.31. The number of nitrogens with two attached hydrogens (primary N) is 1. The van der Waals surface area contributed by atoms with Crippen molar-refractivity contribution in [3.8, 4) is 0 Å². The number of rotatable bonds is 2. The van der Waals surface area contributed by atoms with Gasteiger partial charge in [0.15, 0.2) is 0 Å². The van der Waals surface area contributed by atoms with Crippen LogP contribution in [0, 0.1) is 12.8 Å². The van der Waals surface area contributed by atoms with E-state index < -0.39 is 0 Å². The van der Waals surface area contributed by atoms with Gasteiger partial charge < -0.3 is 5.73 Å². The van der Waals surface area contributed by atoms with E-state index in [0.29, 0.717) is 0 Å². The molecule has 1 heterocycles. The van der Waals surface area contributed by atoms with E-state index in [-0.39, 0.29) is 0 Å². The second kappa shape index (κ2) is 3.19. The molecule has 2 atom stereocenters. The molecule has 1 nitrogen and oxygen atoms in total. The van der Waals surface area contributed by atoms with Crippen molar-refractivity contribution in [2.75, 3.05) is 6.54 Å². The fourth-order valence-electron chi connectivity index (χ4n) is 2.04. The minimum Gasteiger partial charge on any atom is -0.330 e. The van der Waals surface area contributed by atoms with Gasteiger partial charge in [-0.25, -0.2) is 0 Å². The molecule has 1 aromatic heterocycles. The quantitative estimate of drug-likeness (QED) is 0.745. The predicted molar refractivity (Wildman–Crippen MR) is 53.6 cm³/mol. The van der Waals surface area contributed by atoms with Crippen LogP contribution in [0.1, 0.15) is 29.2 Å². The van der Waals surface area contributed by atoms with E-state index >= 15 is 0 Å². The van der Waals surface area contributed by atoms with Gasteiger partial charge in [0.1, 0.15) is 0 Å². The molecule has 0 bridgehead atoms. The van der Waals surface area contributed by atoms with Crippen LogP contribution >= 0.6 is 11.3 Å². The third kappa shape index (κ3) is 1.19. The van der Waals surface area contributed by atoms with E-state index in [9.17, 15) is 0 Å². The fourth-order valence-corrected chi connectivity index (χ4v) is 2.81. The molecule has 66 valence electrons. The molecular weight excluding hydrogens is 166 g/mol.